The Hall–Kier alpha value is -1.66. The van der Waals surface area contributed by atoms with Gasteiger partial charge < -0.3 is 14.9 Å². The lowest BCUT2D eigenvalue weighted by atomic mass is 9.69. The van der Waals surface area contributed by atoms with Crippen LogP contribution in [0.5, 0.6) is 5.75 Å². The number of carboxylic acid groups (broad SMARTS) is 1. The van der Waals surface area contributed by atoms with Crippen LogP contribution in [0.25, 0.3) is 0 Å². The number of fused-ring (bicyclic) bond motifs is 1. The van der Waals surface area contributed by atoms with Gasteiger partial charge >= 0.3 is 0 Å². The maximum Gasteiger partial charge on any atom is 0.290 e. The number of nitrogens with zero attached hydrogens (tertiary/aromatic N) is 2. The molecule has 1 aromatic rings. The minimum absolute atomic E-state index is 0.250. The summed E-state index contributed by atoms with van der Waals surface area (Å²) in [5.41, 5.74) is 0.748. The van der Waals surface area contributed by atoms with Crippen LogP contribution >= 0.6 is 0 Å². The van der Waals surface area contributed by atoms with Crippen molar-refractivity contribution in [2.45, 2.75) is 44.8 Å². The summed E-state index contributed by atoms with van der Waals surface area (Å²) in [5, 5.41) is 17.7. The summed E-state index contributed by atoms with van der Waals surface area (Å²) in [7, 11) is 1.67. The zero-order valence-electron chi connectivity index (χ0n) is 14.5. The van der Waals surface area contributed by atoms with Crippen molar-refractivity contribution in [3.63, 3.8) is 0 Å². The summed E-state index contributed by atoms with van der Waals surface area (Å²) < 4.78 is 5.24. The molecule has 1 aliphatic heterocycles. The van der Waals surface area contributed by atoms with Gasteiger partial charge in [-0.15, -0.1) is 0 Å². The third-order valence-corrected chi connectivity index (χ3v) is 5.42. The van der Waals surface area contributed by atoms with Gasteiger partial charge in [0.15, 0.2) is 0 Å². The van der Waals surface area contributed by atoms with Crippen molar-refractivity contribution in [2.24, 2.45) is 11.8 Å². The van der Waals surface area contributed by atoms with Crippen LogP contribution in [0.2, 0.25) is 0 Å². The Kier molecular flexibility index (Phi) is 6.57. The lowest BCUT2D eigenvalue weighted by Gasteiger charge is -2.40. The molecule has 0 bridgehead atoms. The van der Waals surface area contributed by atoms with Crippen molar-refractivity contribution in [1.82, 2.24) is 9.88 Å². The highest BCUT2D eigenvalue weighted by Gasteiger charge is 2.47. The Balaban J connectivity index is 0.000000647. The second-order valence-electron chi connectivity index (χ2n) is 6.75. The zero-order chi connectivity index (χ0) is 17.6. The number of aromatic nitrogens is 1. The molecular weight excluding hydrogens is 308 g/mol. The first-order chi connectivity index (χ1) is 11.6. The average molecular weight is 336 g/mol. The summed E-state index contributed by atoms with van der Waals surface area (Å²) in [6.45, 7) is 4.88. The van der Waals surface area contributed by atoms with Crippen LogP contribution < -0.4 is 4.74 Å². The number of ether oxygens (including phenoxy) is 1. The highest BCUT2D eigenvalue weighted by molar-refractivity contribution is 5.32. The van der Waals surface area contributed by atoms with E-state index in [1.807, 2.05) is 6.20 Å². The van der Waals surface area contributed by atoms with Gasteiger partial charge in [-0.1, -0.05) is 13.3 Å². The third kappa shape index (κ3) is 4.24. The lowest BCUT2D eigenvalue weighted by molar-refractivity contribution is -0.122. The Morgan fingerprint density at radius 3 is 2.88 bits per heavy atom. The lowest BCUT2D eigenvalue weighted by Crippen LogP contribution is -2.44. The Morgan fingerprint density at radius 2 is 2.21 bits per heavy atom. The van der Waals surface area contributed by atoms with E-state index in [1.54, 1.807) is 13.3 Å². The molecule has 0 aromatic carbocycles. The van der Waals surface area contributed by atoms with Crippen molar-refractivity contribution in [3.05, 3.63) is 24.0 Å². The fourth-order valence-electron chi connectivity index (χ4n) is 4.21. The van der Waals surface area contributed by atoms with Crippen LogP contribution in [-0.4, -0.2) is 52.4 Å². The molecule has 1 saturated carbocycles. The molecule has 0 radical (unpaired) electrons. The van der Waals surface area contributed by atoms with E-state index in [1.165, 1.54) is 18.4 Å². The first kappa shape index (κ1) is 18.7. The summed E-state index contributed by atoms with van der Waals surface area (Å²) in [4.78, 5) is 15.1. The average Bonchev–Trinajstić information content (AvgIpc) is 3.00. The summed E-state index contributed by atoms with van der Waals surface area (Å²) in [5.74, 6) is 1.91. The molecule has 1 aromatic heterocycles. The van der Waals surface area contributed by atoms with Gasteiger partial charge in [-0.05, 0) is 36.8 Å². The van der Waals surface area contributed by atoms with Gasteiger partial charge in [-0.25, -0.2) is 0 Å². The molecule has 2 aliphatic rings. The maximum atomic E-state index is 10.9. The van der Waals surface area contributed by atoms with Crippen molar-refractivity contribution in [2.75, 3.05) is 20.2 Å². The molecule has 1 aliphatic carbocycles. The minimum atomic E-state index is -0.440. The number of hydrogen-bond donors (Lipinski definition) is 2. The molecule has 2 fully saturated rings. The second kappa shape index (κ2) is 8.44. The van der Waals surface area contributed by atoms with Crippen LogP contribution in [0.4, 0.5) is 0 Å². The molecule has 3 rings (SSSR count). The smallest absolute Gasteiger partial charge is 0.290 e. The number of rotatable bonds is 4. The number of methoxy groups -OCH3 is 1. The SMILES string of the molecule is CC[C@]1(O)CCC[C@H]2CN(Cc3cncc(OC)c3)C[C@H]21.O=CO. The first-order valence-corrected chi connectivity index (χ1v) is 8.56. The molecule has 2 N–H and O–H groups in total. The molecule has 1 saturated heterocycles. The molecule has 2 heterocycles. The normalized spacial score (nSPS) is 29.3. The van der Waals surface area contributed by atoms with E-state index in [-0.39, 0.29) is 6.47 Å². The molecular formula is C18H28N2O4. The first-order valence-electron chi connectivity index (χ1n) is 8.56. The Labute approximate surface area is 143 Å². The minimum Gasteiger partial charge on any atom is -0.495 e. The monoisotopic (exact) mass is 336 g/mol. The van der Waals surface area contributed by atoms with E-state index >= 15 is 0 Å². The van der Waals surface area contributed by atoms with E-state index < -0.39 is 5.60 Å². The van der Waals surface area contributed by atoms with Gasteiger partial charge in [-0.2, -0.15) is 0 Å². The largest absolute Gasteiger partial charge is 0.495 e. The molecule has 24 heavy (non-hydrogen) atoms. The number of pyridine rings is 1. The van der Waals surface area contributed by atoms with Gasteiger partial charge in [0.25, 0.3) is 6.47 Å². The van der Waals surface area contributed by atoms with E-state index in [9.17, 15) is 5.11 Å². The topological polar surface area (TPSA) is 82.9 Å². The number of likely N-dealkylation sites (tertiary alicyclic amines) is 1. The van der Waals surface area contributed by atoms with Crippen LogP contribution in [0.3, 0.4) is 0 Å². The fraction of sp³-hybridized carbons (Fsp3) is 0.667. The van der Waals surface area contributed by atoms with Crippen molar-refractivity contribution in [1.29, 1.82) is 0 Å². The predicted molar refractivity (Wildman–Crippen MR) is 90.8 cm³/mol. The Bertz CT molecular complexity index is 540. The molecule has 0 unspecified atom stereocenters. The zero-order valence-corrected chi connectivity index (χ0v) is 14.5. The van der Waals surface area contributed by atoms with Crippen molar-refractivity contribution in [3.8, 4) is 5.75 Å². The molecule has 134 valence electrons. The quantitative estimate of drug-likeness (QED) is 0.820. The molecule has 0 spiro atoms. The standard InChI is InChI=1S/C17H26N2O2.CH2O2/c1-3-17(20)6-4-5-14-11-19(12-16(14)17)10-13-7-15(21-2)9-18-8-13;2-1-3/h7-9,14,16,20H,3-6,10-12H2,1-2H3;1H,(H,2,3)/t14-,16+,17-;/m0./s1. The Morgan fingerprint density at radius 1 is 1.46 bits per heavy atom. The van der Waals surface area contributed by atoms with Crippen LogP contribution in [0.1, 0.15) is 38.2 Å². The van der Waals surface area contributed by atoms with Crippen LogP contribution in [0, 0.1) is 11.8 Å². The second-order valence-corrected chi connectivity index (χ2v) is 6.75. The maximum absolute atomic E-state index is 10.9. The van der Waals surface area contributed by atoms with Gasteiger partial charge in [0.2, 0.25) is 0 Å². The third-order valence-electron chi connectivity index (χ3n) is 5.42. The van der Waals surface area contributed by atoms with Gasteiger partial charge in [0, 0.05) is 31.7 Å². The van der Waals surface area contributed by atoms with E-state index in [4.69, 9.17) is 14.6 Å². The van der Waals surface area contributed by atoms with Crippen LogP contribution in [-0.2, 0) is 11.3 Å². The van der Waals surface area contributed by atoms with Crippen molar-refractivity contribution < 1.29 is 19.7 Å². The van der Waals surface area contributed by atoms with Gasteiger partial charge in [0.05, 0.1) is 18.9 Å². The van der Waals surface area contributed by atoms with Gasteiger partial charge in [-0.3, -0.25) is 14.7 Å². The van der Waals surface area contributed by atoms with Crippen molar-refractivity contribution >= 4 is 6.47 Å². The summed E-state index contributed by atoms with van der Waals surface area (Å²) in [6, 6.07) is 2.06. The van der Waals surface area contributed by atoms with E-state index in [2.05, 4.69) is 22.9 Å². The van der Waals surface area contributed by atoms with E-state index in [0.29, 0.717) is 11.8 Å². The molecule has 3 atom stereocenters. The predicted octanol–water partition coefficient (Wildman–Crippen LogP) is 2.16. The fourth-order valence-corrected chi connectivity index (χ4v) is 4.21. The summed E-state index contributed by atoms with van der Waals surface area (Å²) in [6.07, 6.45) is 7.93. The highest BCUT2D eigenvalue weighted by Crippen LogP contribution is 2.44. The van der Waals surface area contributed by atoms with Crippen LogP contribution in [0.15, 0.2) is 18.5 Å². The van der Waals surface area contributed by atoms with Gasteiger partial charge in [0.1, 0.15) is 5.75 Å². The number of carbonyl (C=O) groups is 1. The van der Waals surface area contributed by atoms with E-state index in [0.717, 1.165) is 38.2 Å². The highest BCUT2D eigenvalue weighted by atomic mass is 16.5. The molecule has 6 nitrogen and oxygen atoms in total. The molecule has 6 heteroatoms. The summed E-state index contributed by atoms with van der Waals surface area (Å²) >= 11 is 0. The molecule has 0 amide bonds. The number of hydrogen-bond acceptors (Lipinski definition) is 5. The number of aliphatic hydroxyl groups is 1.